The van der Waals surface area contributed by atoms with Gasteiger partial charge < -0.3 is 14.4 Å². The highest BCUT2D eigenvalue weighted by Crippen LogP contribution is 2.40. The van der Waals surface area contributed by atoms with Crippen LogP contribution in [-0.2, 0) is 4.74 Å². The number of halogens is 2. The van der Waals surface area contributed by atoms with Gasteiger partial charge in [-0.3, -0.25) is 0 Å². The van der Waals surface area contributed by atoms with Crippen molar-refractivity contribution >= 4 is 6.08 Å². The summed E-state index contributed by atoms with van der Waals surface area (Å²) < 4.78 is 34.1. The van der Waals surface area contributed by atoms with E-state index in [1.807, 2.05) is 0 Å². The molecule has 1 aliphatic carbocycles. The minimum atomic E-state index is -2.78. The van der Waals surface area contributed by atoms with Gasteiger partial charge in [0, 0.05) is 38.4 Å². The largest absolute Gasteiger partial charge is 0.507 e. The summed E-state index contributed by atoms with van der Waals surface area (Å²) in [6.07, 6.45) is 6.62. The molecule has 1 aliphatic rings. The third-order valence-electron chi connectivity index (χ3n) is 4.58. The van der Waals surface area contributed by atoms with Gasteiger partial charge in [0.25, 0.3) is 5.92 Å². The van der Waals surface area contributed by atoms with Crippen LogP contribution >= 0.6 is 0 Å². The first-order chi connectivity index (χ1) is 13.4. The van der Waals surface area contributed by atoms with Crippen LogP contribution < -0.4 is 0 Å². The zero-order valence-corrected chi connectivity index (χ0v) is 15.0. The number of aromatic hydroxyl groups is 1. The van der Waals surface area contributed by atoms with Crippen molar-refractivity contribution in [2.75, 3.05) is 7.11 Å². The van der Waals surface area contributed by atoms with Gasteiger partial charge in [-0.25, -0.2) is 18.7 Å². The Bertz CT molecular complexity index is 1000. The van der Waals surface area contributed by atoms with Crippen molar-refractivity contribution in [3.8, 4) is 22.8 Å². The Balaban J connectivity index is 1.58. The van der Waals surface area contributed by atoms with Crippen LogP contribution in [0.25, 0.3) is 23.2 Å². The first kappa shape index (κ1) is 18.2. The predicted octanol–water partition coefficient (Wildman–Crippen LogP) is 3.26. The summed E-state index contributed by atoms with van der Waals surface area (Å²) in [5, 5.41) is 18.4. The molecule has 7 nitrogen and oxygen atoms in total. The van der Waals surface area contributed by atoms with Gasteiger partial charge >= 0.3 is 0 Å². The first-order valence-electron chi connectivity index (χ1n) is 8.58. The van der Waals surface area contributed by atoms with Gasteiger partial charge in [-0.2, -0.15) is 0 Å². The second kappa shape index (κ2) is 7.08. The highest BCUT2D eigenvalue weighted by molar-refractivity contribution is 5.66. The Labute approximate surface area is 159 Å². The van der Waals surface area contributed by atoms with E-state index in [-0.39, 0.29) is 24.4 Å². The summed E-state index contributed by atoms with van der Waals surface area (Å²) in [5.74, 6) is -2.55. The summed E-state index contributed by atoms with van der Waals surface area (Å²) in [6.45, 7) is 0. The maximum Gasteiger partial charge on any atom is 0.254 e. The van der Waals surface area contributed by atoms with Crippen LogP contribution in [0.5, 0.6) is 5.75 Å². The molecule has 0 bridgehead atoms. The third-order valence-corrected chi connectivity index (χ3v) is 4.58. The lowest BCUT2D eigenvalue weighted by molar-refractivity contribution is -0.00991. The molecule has 0 unspecified atom stereocenters. The fourth-order valence-corrected chi connectivity index (χ4v) is 3.21. The van der Waals surface area contributed by atoms with Crippen LogP contribution in [0.1, 0.15) is 18.5 Å². The number of phenols is 1. The number of hydrogen-bond acceptors (Lipinski definition) is 6. The summed E-state index contributed by atoms with van der Waals surface area (Å²) in [4.78, 5) is 8.17. The van der Waals surface area contributed by atoms with Gasteiger partial charge in [0.05, 0.1) is 29.9 Å². The molecule has 3 aromatic rings. The van der Waals surface area contributed by atoms with Gasteiger partial charge in [-0.15, -0.1) is 10.2 Å². The second-order valence-electron chi connectivity index (χ2n) is 6.56. The number of benzene rings is 1. The maximum atomic E-state index is 13.6. The van der Waals surface area contributed by atoms with Crippen molar-refractivity contribution in [2.24, 2.45) is 0 Å². The minimum absolute atomic E-state index is 0.00557. The van der Waals surface area contributed by atoms with Gasteiger partial charge in [0.1, 0.15) is 11.4 Å². The minimum Gasteiger partial charge on any atom is -0.507 e. The SMILES string of the molecule is CO[C@H]1CC(F)(F)C/C1=C/c1cnc(-c2ccc(-n3ccnc3)cc2O)nn1. The molecule has 0 spiro atoms. The molecule has 2 aromatic heterocycles. The average molecular weight is 385 g/mol. The number of methoxy groups -OCH3 is 1. The fourth-order valence-electron chi connectivity index (χ4n) is 3.21. The van der Waals surface area contributed by atoms with Crippen LogP contribution in [0.2, 0.25) is 0 Å². The number of nitrogens with zero attached hydrogens (tertiary/aromatic N) is 5. The van der Waals surface area contributed by atoms with Gasteiger partial charge in [0.2, 0.25) is 0 Å². The summed E-state index contributed by atoms with van der Waals surface area (Å²) in [7, 11) is 1.41. The molecule has 0 radical (unpaired) electrons. The van der Waals surface area contributed by atoms with Crippen LogP contribution in [-0.4, -0.2) is 49.0 Å². The number of alkyl halides is 2. The Morgan fingerprint density at radius 1 is 1.32 bits per heavy atom. The first-order valence-corrected chi connectivity index (χ1v) is 8.58. The number of aromatic nitrogens is 5. The molecule has 1 saturated carbocycles. The molecule has 4 rings (SSSR count). The highest BCUT2D eigenvalue weighted by atomic mass is 19.3. The zero-order valence-electron chi connectivity index (χ0n) is 15.0. The molecule has 0 saturated heterocycles. The van der Waals surface area contributed by atoms with E-state index in [0.29, 0.717) is 16.8 Å². The Morgan fingerprint density at radius 2 is 2.18 bits per heavy atom. The standard InChI is InChI=1S/C19H17F2N5O2/c1-28-17-9-19(20,21)8-12(17)6-13-10-23-18(25-24-13)15-3-2-14(7-16(15)27)26-5-4-22-11-26/h2-7,10-11,17,27H,8-9H2,1H3/b12-6-/t17-/m0/s1. The van der Waals surface area contributed by atoms with E-state index >= 15 is 0 Å². The highest BCUT2D eigenvalue weighted by Gasteiger charge is 2.43. The Kier molecular flexibility index (Phi) is 4.60. The smallest absolute Gasteiger partial charge is 0.254 e. The monoisotopic (exact) mass is 385 g/mol. The van der Waals surface area contributed by atoms with Gasteiger partial charge in [0.15, 0.2) is 5.82 Å². The number of ether oxygens (including phenoxy) is 1. The summed E-state index contributed by atoms with van der Waals surface area (Å²) >= 11 is 0. The quantitative estimate of drug-likeness (QED) is 0.742. The molecule has 28 heavy (non-hydrogen) atoms. The average Bonchev–Trinajstić information content (AvgIpc) is 3.30. The summed E-state index contributed by atoms with van der Waals surface area (Å²) in [5.41, 5.74) is 1.97. The number of phenolic OH excluding ortho intramolecular Hbond substituents is 1. The van der Waals surface area contributed by atoms with E-state index in [4.69, 9.17) is 4.74 Å². The van der Waals surface area contributed by atoms with Crippen LogP contribution in [0.15, 0.2) is 48.7 Å². The number of hydrogen-bond donors (Lipinski definition) is 1. The lowest BCUT2D eigenvalue weighted by Gasteiger charge is -2.09. The van der Waals surface area contributed by atoms with E-state index in [0.717, 1.165) is 5.69 Å². The summed E-state index contributed by atoms with van der Waals surface area (Å²) in [6, 6.07) is 5.04. The molecule has 0 amide bonds. The molecule has 0 aliphatic heterocycles. The van der Waals surface area contributed by atoms with Gasteiger partial charge in [-0.05, 0) is 23.8 Å². The predicted molar refractivity (Wildman–Crippen MR) is 97.0 cm³/mol. The molecule has 1 aromatic carbocycles. The maximum absolute atomic E-state index is 13.6. The van der Waals surface area contributed by atoms with Crippen molar-refractivity contribution in [1.29, 1.82) is 0 Å². The zero-order chi connectivity index (χ0) is 19.7. The van der Waals surface area contributed by atoms with Crippen molar-refractivity contribution in [2.45, 2.75) is 24.9 Å². The van der Waals surface area contributed by atoms with E-state index in [9.17, 15) is 13.9 Å². The number of imidazole rings is 1. The topological polar surface area (TPSA) is 86.0 Å². The second-order valence-corrected chi connectivity index (χ2v) is 6.56. The third kappa shape index (κ3) is 3.61. The molecule has 2 heterocycles. The molecular weight excluding hydrogens is 368 g/mol. The molecule has 9 heteroatoms. The normalized spacial score (nSPS) is 20.0. The molecular formula is C19H17F2N5O2. The van der Waals surface area contributed by atoms with Gasteiger partial charge in [-0.1, -0.05) is 0 Å². The van der Waals surface area contributed by atoms with Crippen LogP contribution in [0, 0.1) is 0 Å². The Morgan fingerprint density at radius 3 is 2.82 bits per heavy atom. The fraction of sp³-hybridized carbons (Fsp3) is 0.263. The lowest BCUT2D eigenvalue weighted by atomic mass is 10.1. The van der Waals surface area contributed by atoms with Crippen LogP contribution in [0.4, 0.5) is 8.78 Å². The van der Waals surface area contributed by atoms with Crippen molar-refractivity contribution < 1.29 is 18.6 Å². The van der Waals surface area contributed by atoms with Crippen molar-refractivity contribution in [3.63, 3.8) is 0 Å². The van der Waals surface area contributed by atoms with E-state index in [2.05, 4.69) is 20.2 Å². The van der Waals surface area contributed by atoms with Crippen LogP contribution in [0.3, 0.4) is 0 Å². The van der Waals surface area contributed by atoms with Crippen molar-refractivity contribution in [1.82, 2.24) is 24.7 Å². The number of rotatable bonds is 4. The lowest BCUT2D eigenvalue weighted by Crippen LogP contribution is -2.13. The van der Waals surface area contributed by atoms with E-state index < -0.39 is 12.0 Å². The van der Waals surface area contributed by atoms with E-state index in [1.54, 1.807) is 41.5 Å². The van der Waals surface area contributed by atoms with E-state index in [1.165, 1.54) is 19.4 Å². The molecule has 144 valence electrons. The molecule has 1 fully saturated rings. The Hall–Kier alpha value is -3.20. The van der Waals surface area contributed by atoms with Crippen molar-refractivity contribution in [3.05, 3.63) is 54.4 Å². The molecule has 1 N–H and O–H groups in total. The molecule has 1 atom stereocenters.